The second-order valence-electron chi connectivity index (χ2n) is 27.1. The van der Waals surface area contributed by atoms with Gasteiger partial charge < -0.3 is 21.1 Å². The van der Waals surface area contributed by atoms with Gasteiger partial charge >= 0.3 is 0 Å². The Morgan fingerprint density at radius 2 is 0.972 bits per heavy atom. The zero-order chi connectivity index (χ0) is 76.0. The molecule has 24 heteroatoms. The molecule has 0 saturated carbocycles. The van der Waals surface area contributed by atoms with E-state index in [1.807, 2.05) is 134 Å². The van der Waals surface area contributed by atoms with Gasteiger partial charge in [-0.05, 0) is 244 Å². The van der Waals surface area contributed by atoms with Gasteiger partial charge in [0, 0.05) is 96.5 Å². The Balaban J connectivity index is 0.000000151. The molecule has 11 aromatic rings. The Morgan fingerprint density at radius 3 is 1.48 bits per heavy atom. The van der Waals surface area contributed by atoms with Gasteiger partial charge in [0.25, 0.3) is 17.7 Å². The summed E-state index contributed by atoms with van der Waals surface area (Å²) >= 11 is 56.9. The van der Waals surface area contributed by atoms with E-state index in [-0.39, 0.29) is 42.2 Å². The van der Waals surface area contributed by atoms with Crippen molar-refractivity contribution in [2.45, 2.75) is 122 Å². The quantitative estimate of drug-likeness (QED) is 0.0607. The Morgan fingerprint density at radius 1 is 0.491 bits per heavy atom. The Labute approximate surface area is 673 Å². The van der Waals surface area contributed by atoms with Gasteiger partial charge in [0.15, 0.2) is 17.1 Å². The van der Waals surface area contributed by atoms with E-state index < -0.39 is 0 Å². The summed E-state index contributed by atoms with van der Waals surface area (Å²) < 4.78 is 5.42. The number of aliphatic hydroxyl groups is 1. The minimum atomic E-state index is -0.351. The van der Waals surface area contributed by atoms with Crippen LogP contribution in [0.1, 0.15) is 171 Å². The fourth-order valence-electron chi connectivity index (χ4n) is 13.8. The number of benzene rings is 6. The van der Waals surface area contributed by atoms with Crippen molar-refractivity contribution >= 4 is 145 Å². The molecule has 556 valence electrons. The molecule has 0 spiro atoms. The minimum Gasteiger partial charge on any atom is -0.394 e. The van der Waals surface area contributed by atoms with E-state index in [1.54, 1.807) is 64.4 Å². The first-order chi connectivity index (χ1) is 52.3. The highest BCUT2D eigenvalue weighted by atomic mass is 35.5. The molecule has 0 saturated heterocycles. The van der Waals surface area contributed by atoms with Crippen LogP contribution in [0.3, 0.4) is 0 Å². The highest BCUT2D eigenvalue weighted by Gasteiger charge is 2.34. The molecule has 0 radical (unpaired) electrons. The van der Waals surface area contributed by atoms with Crippen molar-refractivity contribution in [1.29, 1.82) is 0 Å². The number of halogens is 9. The van der Waals surface area contributed by atoms with Crippen LogP contribution in [0.5, 0.6) is 0 Å². The smallest absolute Gasteiger partial charge is 0.272 e. The van der Waals surface area contributed by atoms with Crippen LogP contribution >= 0.6 is 104 Å². The van der Waals surface area contributed by atoms with Crippen LogP contribution in [0.2, 0.25) is 45.2 Å². The highest BCUT2D eigenvalue weighted by molar-refractivity contribution is 6.37. The first-order valence-corrected chi connectivity index (χ1v) is 39.3. The number of hydrogen-bond acceptors (Lipinski definition) is 9. The zero-order valence-electron chi connectivity index (χ0n) is 59.3. The number of carbonyl (C=O) groups excluding carboxylic acids is 3. The van der Waals surface area contributed by atoms with E-state index in [1.165, 1.54) is 0 Å². The Hall–Kier alpha value is -8.29. The van der Waals surface area contributed by atoms with Gasteiger partial charge in [-0.25, -0.2) is 14.0 Å². The second kappa shape index (κ2) is 37.4. The lowest BCUT2D eigenvalue weighted by atomic mass is 9.90. The van der Waals surface area contributed by atoms with Crippen molar-refractivity contribution in [2.24, 2.45) is 5.92 Å². The SMILES string of the molecule is CC(C)[C@@H](CO)NC(=O)c1nn(-c2ccc(Cl)cc2Cl)c2c1CCCC[C@@H]2Cc1cccc(Cl)c1.O=C(NCCc1ccccn1)c1nn(-c2ccc(Cl)cc2Cl)c2c1CCCC/C2=C\c1ccc(Cl)cc1.O=C(NCc1ccncc1)c1nn(-c2ccc(Cl)cc2Cl)c2c1CCCC/C2=C\c1ccc(Cl)cc1. The number of rotatable bonds is 18. The van der Waals surface area contributed by atoms with E-state index in [4.69, 9.17) is 120 Å². The molecule has 6 aromatic carbocycles. The Bertz CT molecular complexity index is 5080. The molecule has 0 fully saturated rings. The van der Waals surface area contributed by atoms with Gasteiger partial charge in [0.1, 0.15) is 0 Å². The van der Waals surface area contributed by atoms with E-state index in [0.717, 1.165) is 156 Å². The molecule has 5 aromatic heterocycles. The fraction of sp³-hybridized carbons (Fsp3) is 0.262. The minimum absolute atomic E-state index is 0.0888. The van der Waals surface area contributed by atoms with Crippen molar-refractivity contribution in [2.75, 3.05) is 13.2 Å². The summed E-state index contributed by atoms with van der Waals surface area (Å²) in [4.78, 5) is 48.6. The van der Waals surface area contributed by atoms with Crippen molar-refractivity contribution in [3.63, 3.8) is 0 Å². The van der Waals surface area contributed by atoms with Crippen LogP contribution < -0.4 is 16.0 Å². The van der Waals surface area contributed by atoms with E-state index >= 15 is 0 Å². The normalized spacial score (nSPS) is 15.1. The fourth-order valence-corrected chi connectivity index (χ4v) is 15.7. The van der Waals surface area contributed by atoms with E-state index in [2.05, 4.69) is 44.1 Å². The number of nitrogens with zero attached hydrogens (tertiary/aromatic N) is 8. The molecule has 3 aliphatic carbocycles. The lowest BCUT2D eigenvalue weighted by Gasteiger charge is -2.20. The van der Waals surface area contributed by atoms with Crippen LogP contribution in [-0.4, -0.2) is 81.3 Å². The first-order valence-electron chi connectivity index (χ1n) is 35.9. The Kier molecular flexibility index (Phi) is 27.5. The van der Waals surface area contributed by atoms with Gasteiger partial charge in [0.2, 0.25) is 0 Å². The van der Waals surface area contributed by atoms with E-state index in [0.29, 0.717) is 98.9 Å². The maximum absolute atomic E-state index is 13.4. The van der Waals surface area contributed by atoms with Gasteiger partial charge in [-0.1, -0.05) is 167 Å². The summed E-state index contributed by atoms with van der Waals surface area (Å²) in [7, 11) is 0. The highest BCUT2D eigenvalue weighted by Crippen LogP contribution is 2.42. The first kappa shape index (κ1) is 79.3. The van der Waals surface area contributed by atoms with Crippen LogP contribution in [0, 0.1) is 5.92 Å². The molecule has 0 aliphatic heterocycles. The number of amides is 3. The van der Waals surface area contributed by atoms with Crippen molar-refractivity contribution < 1.29 is 19.5 Å². The summed E-state index contributed by atoms with van der Waals surface area (Å²) in [5.74, 6) is -0.485. The lowest BCUT2D eigenvalue weighted by Crippen LogP contribution is -2.41. The van der Waals surface area contributed by atoms with Crippen LogP contribution in [0.25, 0.3) is 40.4 Å². The van der Waals surface area contributed by atoms with Crippen LogP contribution in [0.15, 0.2) is 176 Å². The third-order valence-corrected chi connectivity index (χ3v) is 21.6. The summed E-state index contributed by atoms with van der Waals surface area (Å²) in [6, 6.07) is 48.4. The molecule has 4 N–H and O–H groups in total. The number of aromatic nitrogens is 8. The molecule has 108 heavy (non-hydrogen) atoms. The van der Waals surface area contributed by atoms with E-state index in [9.17, 15) is 19.5 Å². The van der Waals surface area contributed by atoms with Gasteiger partial charge in [0.05, 0.1) is 61.9 Å². The maximum atomic E-state index is 13.4. The summed E-state index contributed by atoms with van der Waals surface area (Å²) in [6.45, 7) is 4.65. The predicted molar refractivity (Wildman–Crippen MR) is 439 cm³/mol. The third-order valence-electron chi connectivity index (χ3n) is 19.2. The van der Waals surface area contributed by atoms with Crippen molar-refractivity contribution in [3.05, 3.63) is 300 Å². The number of pyridine rings is 2. The molecule has 3 aliphatic rings. The van der Waals surface area contributed by atoms with Gasteiger partial charge in [-0.15, -0.1) is 0 Å². The molecule has 15 nitrogen and oxygen atoms in total. The molecule has 5 heterocycles. The van der Waals surface area contributed by atoms with Gasteiger partial charge in [-0.2, -0.15) is 15.3 Å². The molecular weight excluding hydrogens is 1550 g/mol. The monoisotopic (exact) mass is 1620 g/mol. The van der Waals surface area contributed by atoms with Crippen LogP contribution in [0.4, 0.5) is 0 Å². The number of fused-ring (bicyclic) bond motifs is 3. The average Bonchev–Trinajstić information content (AvgIpc) is 1.62. The number of hydrogen-bond donors (Lipinski definition) is 4. The summed E-state index contributed by atoms with van der Waals surface area (Å²) in [6.07, 6.45) is 21.7. The topological polar surface area (TPSA) is 187 Å². The molecule has 2 atom stereocenters. The molecule has 3 amide bonds. The zero-order valence-corrected chi connectivity index (χ0v) is 66.1. The van der Waals surface area contributed by atoms with Gasteiger partial charge in [-0.3, -0.25) is 24.4 Å². The molecule has 0 unspecified atom stereocenters. The molecule has 0 bridgehead atoms. The summed E-state index contributed by atoms with van der Waals surface area (Å²) in [5, 5.41) is 38.3. The summed E-state index contributed by atoms with van der Waals surface area (Å²) in [5.41, 5.74) is 16.2. The number of allylic oxidation sites excluding steroid dienone is 2. The second-order valence-corrected chi connectivity index (χ2v) is 30.9. The van der Waals surface area contributed by atoms with Crippen molar-refractivity contribution in [3.8, 4) is 17.1 Å². The van der Waals surface area contributed by atoms with Crippen molar-refractivity contribution in [1.82, 2.24) is 55.3 Å². The lowest BCUT2D eigenvalue weighted by molar-refractivity contribution is 0.0888. The molecular formula is C84H78Cl9N11O4. The average molecular weight is 1620 g/mol. The third kappa shape index (κ3) is 19.8. The maximum Gasteiger partial charge on any atom is 0.272 e. The molecule has 14 rings (SSSR count). The predicted octanol–water partition coefficient (Wildman–Crippen LogP) is 21.5. The largest absolute Gasteiger partial charge is 0.394 e. The standard InChI is InChI=1S/C29H25Cl3N4O.C28H23Cl3N4O.C27H30Cl3N3O2/c30-21-10-8-19(9-11-21)17-20-5-1-2-7-24-27(29(37)34-16-14-23-6-3-4-15-33-23)35-36(28(20)24)26-13-12-22(31)18-25(26)32;29-21-7-5-18(6-8-21)15-20-3-1-2-4-23-26(28(36)33-17-19-11-13-32-14-12-19)34-35(27(20)23)25-10-9-22(30)16-24(25)31;1-16(2)23(15-34)31-27(35)25-21-9-4-3-7-18(12-17-6-5-8-19(28)13-17)26(21)33(32-25)24-11-10-20(29)14-22(24)30/h3-4,6,8-13,15,17-18H,1-2,5,7,14,16H2,(H,34,37);5-16H,1-4,17H2,(H,33,36);5-6,8,10-11,13-14,16,18,23,34H,3-4,7,9,12,15H2,1-2H3,(H,31,35)/b20-17+;20-15+;/t;;18-,23-/m..1/s1. The number of nitrogens with one attached hydrogen (secondary N) is 3. The van der Waals surface area contributed by atoms with Crippen LogP contribution in [-0.2, 0) is 38.6 Å². The number of aliphatic hydroxyl groups excluding tert-OH is 1. The number of carbonyl (C=O) groups is 3.